The molecule has 0 radical (unpaired) electrons. The summed E-state index contributed by atoms with van der Waals surface area (Å²) in [6, 6.07) is 12.2. The van der Waals surface area contributed by atoms with Gasteiger partial charge in [0.25, 0.3) is 0 Å². The molecule has 0 fully saturated rings. The van der Waals surface area contributed by atoms with Crippen molar-refractivity contribution in [3.8, 4) is 0 Å². The Hall–Kier alpha value is -2.70. The molecule has 27 heavy (non-hydrogen) atoms. The number of anilines is 1. The van der Waals surface area contributed by atoms with Crippen LogP contribution in [-0.2, 0) is 4.79 Å². The van der Waals surface area contributed by atoms with Crippen LogP contribution in [0.25, 0.3) is 6.08 Å². The summed E-state index contributed by atoms with van der Waals surface area (Å²) in [5.74, 6) is -1.14. The van der Waals surface area contributed by atoms with Crippen LogP contribution < -0.4 is 10.6 Å². The lowest BCUT2D eigenvalue weighted by Crippen LogP contribution is -2.33. The van der Waals surface area contributed by atoms with Crippen LogP contribution in [0.4, 0.5) is 5.69 Å². The summed E-state index contributed by atoms with van der Waals surface area (Å²) in [6.07, 6.45) is 3.03. The first-order valence-corrected chi connectivity index (χ1v) is 8.97. The first-order valence-electron chi connectivity index (χ1n) is 8.19. The van der Waals surface area contributed by atoms with Crippen LogP contribution in [-0.4, -0.2) is 22.1 Å². The minimum Gasteiger partial charge on any atom is -0.478 e. The predicted octanol–water partition coefficient (Wildman–Crippen LogP) is 4.69. The standard InChI is InChI=1S/C20H19ClN2O3S/c1-12(2)14-6-3-13(4-7-14)5-10-18(24)23-20(27)22-17-9-8-15(21)11-16(17)19(25)26/h3-12H,1-2H3,(H,25,26)(H2,22,23,24,27). The average Bonchev–Trinajstić information content (AvgIpc) is 2.61. The maximum absolute atomic E-state index is 12.0. The molecule has 0 atom stereocenters. The number of halogens is 1. The summed E-state index contributed by atoms with van der Waals surface area (Å²) < 4.78 is 0. The Morgan fingerprint density at radius 3 is 2.41 bits per heavy atom. The molecule has 7 heteroatoms. The van der Waals surface area contributed by atoms with Crippen LogP contribution in [0.3, 0.4) is 0 Å². The molecule has 0 heterocycles. The number of hydrogen-bond acceptors (Lipinski definition) is 3. The number of benzene rings is 2. The summed E-state index contributed by atoms with van der Waals surface area (Å²) in [5, 5.41) is 14.7. The van der Waals surface area contributed by atoms with Gasteiger partial charge in [-0.05, 0) is 53.5 Å². The Labute approximate surface area is 168 Å². The van der Waals surface area contributed by atoms with Gasteiger partial charge in [0.15, 0.2) is 5.11 Å². The lowest BCUT2D eigenvalue weighted by Gasteiger charge is -2.11. The molecule has 0 bridgehead atoms. The van der Waals surface area contributed by atoms with Crippen molar-refractivity contribution in [2.45, 2.75) is 19.8 Å². The molecule has 2 aromatic rings. The lowest BCUT2D eigenvalue weighted by molar-refractivity contribution is -0.115. The number of carbonyl (C=O) groups is 2. The molecular formula is C20H19ClN2O3S. The number of amides is 1. The van der Waals surface area contributed by atoms with Gasteiger partial charge in [0.2, 0.25) is 5.91 Å². The molecule has 1 amide bonds. The van der Waals surface area contributed by atoms with Gasteiger partial charge in [-0.25, -0.2) is 4.79 Å². The quantitative estimate of drug-likeness (QED) is 0.499. The molecule has 0 saturated heterocycles. The molecule has 0 aliphatic heterocycles. The molecule has 0 unspecified atom stereocenters. The molecule has 0 aromatic heterocycles. The second-order valence-corrected chi connectivity index (χ2v) is 6.94. The van der Waals surface area contributed by atoms with Gasteiger partial charge < -0.3 is 10.4 Å². The van der Waals surface area contributed by atoms with Crippen molar-refractivity contribution in [2.75, 3.05) is 5.32 Å². The van der Waals surface area contributed by atoms with Crippen LogP contribution in [0.15, 0.2) is 48.5 Å². The number of nitrogens with one attached hydrogen (secondary N) is 2. The number of hydrogen-bond donors (Lipinski definition) is 3. The van der Waals surface area contributed by atoms with E-state index in [4.69, 9.17) is 23.8 Å². The molecule has 0 spiro atoms. The van der Waals surface area contributed by atoms with E-state index in [2.05, 4.69) is 24.5 Å². The molecule has 0 saturated carbocycles. The lowest BCUT2D eigenvalue weighted by atomic mass is 10.0. The molecule has 3 N–H and O–H groups in total. The van der Waals surface area contributed by atoms with Crippen molar-refractivity contribution in [1.29, 1.82) is 0 Å². The van der Waals surface area contributed by atoms with Crippen LogP contribution >= 0.6 is 23.8 Å². The number of thiocarbonyl (C=S) groups is 1. The third kappa shape index (κ3) is 6.20. The van der Waals surface area contributed by atoms with Gasteiger partial charge in [-0.15, -0.1) is 0 Å². The minimum absolute atomic E-state index is 0.00960. The molecular weight excluding hydrogens is 384 g/mol. The van der Waals surface area contributed by atoms with Crippen molar-refractivity contribution in [3.05, 3.63) is 70.3 Å². The molecule has 140 valence electrons. The van der Waals surface area contributed by atoms with E-state index in [9.17, 15) is 14.7 Å². The van der Waals surface area contributed by atoms with Crippen molar-refractivity contribution >= 4 is 52.6 Å². The fourth-order valence-corrected chi connectivity index (χ4v) is 2.66. The second kappa shape index (κ2) is 9.30. The first-order chi connectivity index (χ1) is 12.8. The molecule has 0 aliphatic rings. The van der Waals surface area contributed by atoms with Crippen molar-refractivity contribution in [1.82, 2.24) is 5.32 Å². The van der Waals surface area contributed by atoms with Crippen molar-refractivity contribution in [2.24, 2.45) is 0 Å². The third-order valence-corrected chi connectivity index (χ3v) is 4.17. The fraction of sp³-hybridized carbons (Fsp3) is 0.150. The topological polar surface area (TPSA) is 78.4 Å². The summed E-state index contributed by atoms with van der Waals surface area (Å²) in [6.45, 7) is 4.23. The van der Waals surface area contributed by atoms with Crippen molar-refractivity contribution in [3.63, 3.8) is 0 Å². The number of carbonyl (C=O) groups excluding carboxylic acids is 1. The SMILES string of the molecule is CC(C)c1ccc(C=CC(=O)NC(=S)Nc2ccc(Cl)cc2C(=O)O)cc1. The number of carboxylic acid groups (broad SMARTS) is 1. The van der Waals surface area contributed by atoms with Crippen LogP contribution in [0.1, 0.15) is 41.3 Å². The minimum atomic E-state index is -1.15. The highest BCUT2D eigenvalue weighted by Crippen LogP contribution is 2.20. The van der Waals surface area contributed by atoms with E-state index in [1.165, 1.54) is 29.8 Å². The predicted molar refractivity (Wildman–Crippen MR) is 112 cm³/mol. The first kappa shape index (κ1) is 20.6. The zero-order valence-electron chi connectivity index (χ0n) is 14.8. The van der Waals surface area contributed by atoms with E-state index in [0.717, 1.165) is 5.56 Å². The van der Waals surface area contributed by atoms with Crippen LogP contribution in [0.2, 0.25) is 5.02 Å². The summed E-state index contributed by atoms with van der Waals surface area (Å²) in [5.41, 5.74) is 2.31. The van der Waals surface area contributed by atoms with Gasteiger partial charge in [-0.3, -0.25) is 10.1 Å². The summed E-state index contributed by atoms with van der Waals surface area (Å²) in [4.78, 5) is 23.3. The van der Waals surface area contributed by atoms with E-state index in [1.54, 1.807) is 6.08 Å². The zero-order valence-corrected chi connectivity index (χ0v) is 16.4. The monoisotopic (exact) mass is 402 g/mol. The normalized spacial score (nSPS) is 10.8. The maximum Gasteiger partial charge on any atom is 0.337 e. The maximum atomic E-state index is 12.0. The van der Waals surface area contributed by atoms with E-state index >= 15 is 0 Å². The number of rotatable bonds is 5. The largest absolute Gasteiger partial charge is 0.478 e. The molecule has 2 rings (SSSR count). The van der Waals surface area contributed by atoms with Gasteiger partial charge in [0.1, 0.15) is 0 Å². The zero-order chi connectivity index (χ0) is 20.0. The van der Waals surface area contributed by atoms with E-state index < -0.39 is 11.9 Å². The smallest absolute Gasteiger partial charge is 0.337 e. The van der Waals surface area contributed by atoms with Gasteiger partial charge >= 0.3 is 5.97 Å². The highest BCUT2D eigenvalue weighted by atomic mass is 35.5. The Morgan fingerprint density at radius 2 is 1.81 bits per heavy atom. The fourth-order valence-electron chi connectivity index (χ4n) is 2.27. The van der Waals surface area contributed by atoms with E-state index in [1.807, 2.05) is 24.3 Å². The second-order valence-electron chi connectivity index (χ2n) is 6.09. The average molecular weight is 403 g/mol. The number of aromatic carboxylic acids is 1. The summed E-state index contributed by atoms with van der Waals surface area (Å²) in [7, 11) is 0. The Bertz CT molecular complexity index is 893. The van der Waals surface area contributed by atoms with Crippen LogP contribution in [0, 0.1) is 0 Å². The van der Waals surface area contributed by atoms with Crippen LogP contribution in [0.5, 0.6) is 0 Å². The Balaban J connectivity index is 1.98. The Morgan fingerprint density at radius 1 is 1.15 bits per heavy atom. The highest BCUT2D eigenvalue weighted by molar-refractivity contribution is 7.80. The van der Waals surface area contributed by atoms with Gasteiger partial charge in [0, 0.05) is 11.1 Å². The molecule has 5 nitrogen and oxygen atoms in total. The third-order valence-electron chi connectivity index (χ3n) is 3.73. The van der Waals surface area contributed by atoms with Gasteiger partial charge in [-0.1, -0.05) is 49.7 Å². The van der Waals surface area contributed by atoms with E-state index in [0.29, 0.717) is 10.9 Å². The van der Waals surface area contributed by atoms with Crippen molar-refractivity contribution < 1.29 is 14.7 Å². The number of carboxylic acids is 1. The van der Waals surface area contributed by atoms with Gasteiger partial charge in [0.05, 0.1) is 11.3 Å². The highest BCUT2D eigenvalue weighted by Gasteiger charge is 2.12. The molecule has 0 aliphatic carbocycles. The molecule has 2 aromatic carbocycles. The Kier molecular flexibility index (Phi) is 7.10. The summed E-state index contributed by atoms with van der Waals surface area (Å²) >= 11 is 10.9. The van der Waals surface area contributed by atoms with Gasteiger partial charge in [-0.2, -0.15) is 0 Å². The van der Waals surface area contributed by atoms with E-state index in [-0.39, 0.29) is 16.4 Å².